The predicted octanol–water partition coefficient (Wildman–Crippen LogP) is -0.517. The lowest BCUT2D eigenvalue weighted by Gasteiger charge is -2.39. The van der Waals surface area contributed by atoms with E-state index in [0.29, 0.717) is 13.1 Å². The quantitative estimate of drug-likeness (QED) is 0.712. The van der Waals surface area contributed by atoms with E-state index in [1.807, 2.05) is 0 Å². The van der Waals surface area contributed by atoms with Gasteiger partial charge in [0.25, 0.3) is 0 Å². The molecule has 2 atom stereocenters. The third-order valence-electron chi connectivity index (χ3n) is 3.80. The third kappa shape index (κ3) is 3.13. The van der Waals surface area contributed by atoms with E-state index >= 15 is 0 Å². The maximum atomic E-state index is 11.7. The van der Waals surface area contributed by atoms with Gasteiger partial charge in [-0.25, -0.2) is 4.79 Å². The Morgan fingerprint density at radius 2 is 2.17 bits per heavy atom. The molecule has 6 heteroatoms. The number of rotatable bonds is 3. The molecule has 0 unspecified atom stereocenters. The minimum Gasteiger partial charge on any atom is -0.453 e. The molecule has 18 heavy (non-hydrogen) atoms. The van der Waals surface area contributed by atoms with E-state index in [1.54, 1.807) is 4.90 Å². The maximum absolute atomic E-state index is 11.7. The molecule has 0 aliphatic carbocycles. The van der Waals surface area contributed by atoms with Crippen molar-refractivity contribution < 1.29 is 14.6 Å². The van der Waals surface area contributed by atoms with Gasteiger partial charge in [-0.1, -0.05) is 0 Å². The van der Waals surface area contributed by atoms with Crippen LogP contribution in [0, 0.1) is 0 Å². The molecule has 104 valence electrons. The third-order valence-corrected chi connectivity index (χ3v) is 3.80. The SMILES string of the molecule is COC(=O)N1C[C@H](CN2CCCC2)NC[C@H]1CO. The molecular formula is C12H23N3O3. The fourth-order valence-electron chi connectivity index (χ4n) is 2.77. The van der Waals surface area contributed by atoms with Crippen molar-refractivity contribution in [1.82, 2.24) is 15.1 Å². The van der Waals surface area contributed by atoms with Gasteiger partial charge in [0.2, 0.25) is 0 Å². The van der Waals surface area contributed by atoms with Crippen molar-refractivity contribution in [3.05, 3.63) is 0 Å². The summed E-state index contributed by atoms with van der Waals surface area (Å²) in [5.74, 6) is 0. The number of methoxy groups -OCH3 is 1. The summed E-state index contributed by atoms with van der Waals surface area (Å²) >= 11 is 0. The minimum absolute atomic E-state index is 0.0292. The van der Waals surface area contributed by atoms with Crippen LogP contribution in [-0.2, 0) is 4.74 Å². The average molecular weight is 257 g/mol. The minimum atomic E-state index is -0.345. The molecule has 0 bridgehead atoms. The fraction of sp³-hybridized carbons (Fsp3) is 0.917. The second kappa shape index (κ2) is 6.36. The Hall–Kier alpha value is -0.850. The molecule has 0 radical (unpaired) electrons. The summed E-state index contributed by atoms with van der Waals surface area (Å²) in [6.45, 7) is 4.47. The summed E-state index contributed by atoms with van der Waals surface area (Å²) in [5, 5.41) is 12.7. The maximum Gasteiger partial charge on any atom is 0.409 e. The second-order valence-electron chi connectivity index (χ2n) is 5.07. The summed E-state index contributed by atoms with van der Waals surface area (Å²) in [7, 11) is 1.38. The van der Waals surface area contributed by atoms with Crippen LogP contribution < -0.4 is 5.32 Å². The molecule has 2 aliphatic rings. The molecule has 6 nitrogen and oxygen atoms in total. The highest BCUT2D eigenvalue weighted by Gasteiger charge is 2.32. The first-order chi connectivity index (χ1) is 8.74. The molecule has 0 saturated carbocycles. The van der Waals surface area contributed by atoms with Crippen LogP contribution in [0.25, 0.3) is 0 Å². The van der Waals surface area contributed by atoms with E-state index in [0.717, 1.165) is 19.6 Å². The van der Waals surface area contributed by atoms with Crippen LogP contribution in [0.4, 0.5) is 4.79 Å². The van der Waals surface area contributed by atoms with Crippen molar-refractivity contribution in [3.8, 4) is 0 Å². The van der Waals surface area contributed by atoms with Gasteiger partial charge in [-0.3, -0.25) is 0 Å². The van der Waals surface area contributed by atoms with Gasteiger partial charge < -0.3 is 25.0 Å². The van der Waals surface area contributed by atoms with Gasteiger partial charge >= 0.3 is 6.09 Å². The molecule has 0 aromatic rings. The van der Waals surface area contributed by atoms with E-state index in [1.165, 1.54) is 20.0 Å². The number of carbonyl (C=O) groups is 1. The zero-order chi connectivity index (χ0) is 13.0. The van der Waals surface area contributed by atoms with Gasteiger partial charge in [-0.2, -0.15) is 0 Å². The Morgan fingerprint density at radius 3 is 2.78 bits per heavy atom. The molecular weight excluding hydrogens is 234 g/mol. The molecule has 2 aliphatic heterocycles. The summed E-state index contributed by atoms with van der Waals surface area (Å²) in [4.78, 5) is 15.7. The molecule has 0 aromatic carbocycles. The van der Waals surface area contributed by atoms with Crippen LogP contribution in [0.1, 0.15) is 12.8 Å². The molecule has 2 N–H and O–H groups in total. The number of nitrogens with one attached hydrogen (secondary N) is 1. The van der Waals surface area contributed by atoms with Crippen molar-refractivity contribution in [2.45, 2.75) is 24.9 Å². The summed E-state index contributed by atoms with van der Waals surface area (Å²) in [5.41, 5.74) is 0. The number of hydrogen-bond donors (Lipinski definition) is 2. The Bertz CT molecular complexity index is 282. The lowest BCUT2D eigenvalue weighted by atomic mass is 10.1. The van der Waals surface area contributed by atoms with Crippen LogP contribution in [0.3, 0.4) is 0 Å². The normalized spacial score (nSPS) is 29.6. The van der Waals surface area contributed by atoms with Gasteiger partial charge in [0.15, 0.2) is 0 Å². The lowest BCUT2D eigenvalue weighted by molar-refractivity contribution is 0.0555. The van der Waals surface area contributed by atoms with Crippen molar-refractivity contribution in [3.63, 3.8) is 0 Å². The van der Waals surface area contributed by atoms with E-state index in [2.05, 4.69) is 10.2 Å². The first-order valence-corrected chi connectivity index (χ1v) is 6.65. The standard InChI is InChI=1S/C12H23N3O3/c1-18-12(17)15-8-10(13-6-11(15)9-16)7-14-4-2-3-5-14/h10-11,13,16H,2-9H2,1H3/t10-,11-/m0/s1. The first-order valence-electron chi connectivity index (χ1n) is 6.65. The van der Waals surface area contributed by atoms with E-state index in [-0.39, 0.29) is 24.8 Å². The first kappa shape index (κ1) is 13.6. The number of likely N-dealkylation sites (tertiary alicyclic amines) is 1. The molecule has 0 aromatic heterocycles. The van der Waals surface area contributed by atoms with Crippen LogP contribution in [0.5, 0.6) is 0 Å². The number of hydrogen-bond acceptors (Lipinski definition) is 5. The van der Waals surface area contributed by atoms with Crippen molar-refractivity contribution >= 4 is 6.09 Å². The van der Waals surface area contributed by atoms with Crippen LogP contribution in [-0.4, -0.2) is 79.5 Å². The average Bonchev–Trinajstić information content (AvgIpc) is 2.90. The zero-order valence-corrected chi connectivity index (χ0v) is 11.0. The largest absolute Gasteiger partial charge is 0.453 e. The van der Waals surface area contributed by atoms with E-state index in [4.69, 9.17) is 4.74 Å². The topological polar surface area (TPSA) is 65.0 Å². The second-order valence-corrected chi connectivity index (χ2v) is 5.07. The molecule has 2 fully saturated rings. The highest BCUT2D eigenvalue weighted by atomic mass is 16.5. The van der Waals surface area contributed by atoms with Gasteiger partial charge in [-0.15, -0.1) is 0 Å². The van der Waals surface area contributed by atoms with Crippen molar-refractivity contribution in [1.29, 1.82) is 0 Å². The number of amides is 1. The van der Waals surface area contributed by atoms with Crippen LogP contribution in [0.15, 0.2) is 0 Å². The number of aliphatic hydroxyl groups is 1. The fourth-order valence-corrected chi connectivity index (χ4v) is 2.77. The number of nitrogens with zero attached hydrogens (tertiary/aromatic N) is 2. The molecule has 1 amide bonds. The highest BCUT2D eigenvalue weighted by molar-refractivity contribution is 5.68. The lowest BCUT2D eigenvalue weighted by Crippen LogP contribution is -2.61. The molecule has 2 rings (SSSR count). The summed E-state index contributed by atoms with van der Waals surface area (Å²) in [6.07, 6.45) is 2.20. The van der Waals surface area contributed by atoms with Gasteiger partial charge in [0, 0.05) is 25.7 Å². The molecule has 2 heterocycles. The number of ether oxygens (including phenoxy) is 1. The van der Waals surface area contributed by atoms with Gasteiger partial charge in [0.05, 0.1) is 19.8 Å². The molecule has 0 spiro atoms. The number of carbonyl (C=O) groups excluding carboxylic acids is 1. The van der Waals surface area contributed by atoms with Gasteiger partial charge in [-0.05, 0) is 25.9 Å². The van der Waals surface area contributed by atoms with Crippen LogP contribution >= 0.6 is 0 Å². The Morgan fingerprint density at radius 1 is 1.44 bits per heavy atom. The Labute approximate surface area is 108 Å². The predicted molar refractivity (Wildman–Crippen MR) is 67.4 cm³/mol. The zero-order valence-electron chi connectivity index (χ0n) is 11.0. The van der Waals surface area contributed by atoms with Crippen molar-refractivity contribution in [2.24, 2.45) is 0 Å². The Balaban J connectivity index is 1.89. The van der Waals surface area contributed by atoms with Gasteiger partial charge in [0.1, 0.15) is 0 Å². The van der Waals surface area contributed by atoms with E-state index in [9.17, 15) is 9.90 Å². The highest BCUT2D eigenvalue weighted by Crippen LogP contribution is 2.12. The number of aliphatic hydroxyl groups excluding tert-OH is 1. The monoisotopic (exact) mass is 257 g/mol. The Kier molecular flexibility index (Phi) is 4.79. The van der Waals surface area contributed by atoms with Crippen LogP contribution in [0.2, 0.25) is 0 Å². The summed E-state index contributed by atoms with van der Waals surface area (Å²) in [6, 6.07) is 0.0947. The summed E-state index contributed by atoms with van der Waals surface area (Å²) < 4.78 is 4.77. The van der Waals surface area contributed by atoms with E-state index < -0.39 is 0 Å². The van der Waals surface area contributed by atoms with Crippen molar-refractivity contribution in [2.75, 3.05) is 46.4 Å². The number of piperazine rings is 1. The smallest absolute Gasteiger partial charge is 0.409 e. The molecule has 2 saturated heterocycles.